The van der Waals surface area contributed by atoms with Crippen LogP contribution in [0.25, 0.3) is 10.9 Å². The normalized spacial score (nSPS) is 12.3. The van der Waals surface area contributed by atoms with Crippen LogP contribution in [0.4, 0.5) is 4.39 Å². The number of H-pyrrole nitrogens is 1. The van der Waals surface area contributed by atoms with Crippen molar-refractivity contribution in [2.24, 2.45) is 0 Å². The van der Waals surface area contributed by atoms with Gasteiger partial charge in [0.05, 0.1) is 6.04 Å². The molecule has 1 aromatic heterocycles. The Bertz CT molecular complexity index is 825. The topological polar surface area (TPSA) is 44.9 Å². The van der Waals surface area contributed by atoms with Crippen molar-refractivity contribution in [3.63, 3.8) is 0 Å². The Hall–Kier alpha value is -2.62. The third-order valence-electron chi connectivity index (χ3n) is 4.05. The van der Waals surface area contributed by atoms with Crippen LogP contribution in [-0.4, -0.2) is 10.9 Å². The van der Waals surface area contributed by atoms with Crippen molar-refractivity contribution < 1.29 is 9.18 Å². The van der Waals surface area contributed by atoms with E-state index in [-0.39, 0.29) is 17.8 Å². The molecule has 0 saturated heterocycles. The van der Waals surface area contributed by atoms with Crippen LogP contribution in [0.1, 0.15) is 30.5 Å². The summed E-state index contributed by atoms with van der Waals surface area (Å²) in [5.74, 6) is -0.372. The Balaban J connectivity index is 1.61. The molecule has 23 heavy (non-hydrogen) atoms. The monoisotopic (exact) mass is 310 g/mol. The summed E-state index contributed by atoms with van der Waals surface area (Å²) in [4.78, 5) is 15.3. The number of hydrogen-bond donors (Lipinski definition) is 2. The summed E-state index contributed by atoms with van der Waals surface area (Å²) in [6.45, 7) is 1.79. The summed E-state index contributed by atoms with van der Waals surface area (Å²) in [5, 5.41) is 4.00. The van der Waals surface area contributed by atoms with Gasteiger partial charge < -0.3 is 10.3 Å². The molecule has 3 nitrogen and oxygen atoms in total. The molecule has 0 aliphatic carbocycles. The van der Waals surface area contributed by atoms with Crippen molar-refractivity contribution in [3.05, 3.63) is 71.7 Å². The smallest absolute Gasteiger partial charge is 0.220 e. The van der Waals surface area contributed by atoms with Gasteiger partial charge in [-0.15, -0.1) is 0 Å². The third kappa shape index (κ3) is 3.42. The maximum Gasteiger partial charge on any atom is 0.220 e. The third-order valence-corrected chi connectivity index (χ3v) is 4.05. The SMILES string of the molecule is CC(NC(=O)CCc1c[nH]c2ccccc12)c1ccccc1F. The average Bonchev–Trinajstić information content (AvgIpc) is 2.96. The summed E-state index contributed by atoms with van der Waals surface area (Å²) < 4.78 is 13.7. The second-order valence-electron chi connectivity index (χ2n) is 5.67. The lowest BCUT2D eigenvalue weighted by Crippen LogP contribution is -2.27. The van der Waals surface area contributed by atoms with Crippen LogP contribution >= 0.6 is 0 Å². The van der Waals surface area contributed by atoms with Crippen LogP contribution in [0.2, 0.25) is 0 Å². The van der Waals surface area contributed by atoms with Gasteiger partial charge >= 0.3 is 0 Å². The van der Waals surface area contributed by atoms with E-state index in [9.17, 15) is 9.18 Å². The number of aromatic nitrogens is 1. The molecule has 3 aromatic rings. The quantitative estimate of drug-likeness (QED) is 0.731. The van der Waals surface area contributed by atoms with E-state index in [1.54, 1.807) is 25.1 Å². The maximum atomic E-state index is 13.7. The Morgan fingerprint density at radius 2 is 1.91 bits per heavy atom. The molecule has 0 radical (unpaired) electrons. The van der Waals surface area contributed by atoms with Crippen molar-refractivity contribution in [1.82, 2.24) is 10.3 Å². The highest BCUT2D eigenvalue weighted by Crippen LogP contribution is 2.20. The van der Waals surface area contributed by atoms with E-state index >= 15 is 0 Å². The van der Waals surface area contributed by atoms with Gasteiger partial charge in [-0.25, -0.2) is 4.39 Å². The van der Waals surface area contributed by atoms with E-state index < -0.39 is 0 Å². The Kier molecular flexibility index (Phi) is 4.42. The number of amides is 1. The highest BCUT2D eigenvalue weighted by molar-refractivity contribution is 5.84. The lowest BCUT2D eigenvalue weighted by atomic mass is 10.1. The van der Waals surface area contributed by atoms with Gasteiger partial charge in [0.15, 0.2) is 0 Å². The summed E-state index contributed by atoms with van der Waals surface area (Å²) in [6, 6.07) is 14.2. The zero-order valence-corrected chi connectivity index (χ0v) is 13.0. The zero-order chi connectivity index (χ0) is 16.2. The molecule has 1 atom stereocenters. The van der Waals surface area contributed by atoms with Gasteiger partial charge in [0, 0.05) is 29.1 Å². The van der Waals surface area contributed by atoms with Gasteiger partial charge in [0.2, 0.25) is 5.91 Å². The average molecular weight is 310 g/mol. The Labute approximate surface area is 134 Å². The predicted octanol–water partition coefficient (Wildman–Crippen LogP) is 4.12. The second kappa shape index (κ2) is 6.65. The molecule has 1 amide bonds. The lowest BCUT2D eigenvalue weighted by Gasteiger charge is -2.15. The minimum absolute atomic E-state index is 0.0777. The molecular formula is C19H19FN2O. The number of benzene rings is 2. The number of carbonyl (C=O) groups is 1. The molecule has 0 bridgehead atoms. The number of rotatable bonds is 5. The largest absolute Gasteiger partial charge is 0.361 e. The highest BCUT2D eigenvalue weighted by Gasteiger charge is 2.13. The van der Waals surface area contributed by atoms with Gasteiger partial charge in [-0.05, 0) is 31.0 Å². The van der Waals surface area contributed by atoms with E-state index in [1.807, 2.05) is 30.5 Å². The molecule has 1 heterocycles. The van der Waals surface area contributed by atoms with Crippen LogP contribution in [0, 0.1) is 5.82 Å². The first kappa shape index (κ1) is 15.3. The van der Waals surface area contributed by atoms with Crippen molar-refractivity contribution in [3.8, 4) is 0 Å². The molecule has 1 unspecified atom stereocenters. The van der Waals surface area contributed by atoms with Gasteiger partial charge in [0.25, 0.3) is 0 Å². The molecule has 0 saturated carbocycles. The molecule has 3 rings (SSSR count). The number of nitrogens with one attached hydrogen (secondary N) is 2. The molecule has 0 fully saturated rings. The molecule has 2 N–H and O–H groups in total. The van der Waals surface area contributed by atoms with Crippen LogP contribution in [-0.2, 0) is 11.2 Å². The predicted molar refractivity (Wildman–Crippen MR) is 89.6 cm³/mol. The lowest BCUT2D eigenvalue weighted by molar-refractivity contribution is -0.121. The van der Waals surface area contributed by atoms with Crippen molar-refractivity contribution in [1.29, 1.82) is 0 Å². The molecule has 4 heteroatoms. The molecule has 0 spiro atoms. The first-order valence-corrected chi connectivity index (χ1v) is 7.74. The van der Waals surface area contributed by atoms with Crippen molar-refractivity contribution in [2.75, 3.05) is 0 Å². The van der Waals surface area contributed by atoms with Crippen LogP contribution < -0.4 is 5.32 Å². The van der Waals surface area contributed by atoms with Gasteiger partial charge in [-0.1, -0.05) is 36.4 Å². The number of carbonyl (C=O) groups excluding carboxylic acids is 1. The Morgan fingerprint density at radius 1 is 1.17 bits per heavy atom. The minimum atomic E-state index is -0.341. The molecule has 118 valence electrons. The fourth-order valence-electron chi connectivity index (χ4n) is 2.80. The fourth-order valence-corrected chi connectivity index (χ4v) is 2.80. The zero-order valence-electron chi connectivity index (χ0n) is 13.0. The summed E-state index contributed by atoms with van der Waals surface area (Å²) in [7, 11) is 0. The number of aryl methyl sites for hydroxylation is 1. The van der Waals surface area contributed by atoms with Crippen LogP contribution in [0.5, 0.6) is 0 Å². The summed E-state index contributed by atoms with van der Waals surface area (Å²) in [6.07, 6.45) is 2.97. The molecule has 2 aromatic carbocycles. The van der Waals surface area contributed by atoms with Crippen LogP contribution in [0.15, 0.2) is 54.7 Å². The molecular weight excluding hydrogens is 291 g/mol. The first-order chi connectivity index (χ1) is 11.1. The first-order valence-electron chi connectivity index (χ1n) is 7.74. The minimum Gasteiger partial charge on any atom is -0.361 e. The standard InChI is InChI=1S/C19H19FN2O/c1-13(15-6-2-4-8-17(15)20)22-19(23)11-10-14-12-21-18-9-5-3-7-16(14)18/h2-9,12-13,21H,10-11H2,1H3,(H,22,23). The number of para-hydroxylation sites is 1. The Morgan fingerprint density at radius 3 is 2.74 bits per heavy atom. The summed E-state index contributed by atoms with van der Waals surface area (Å²) >= 11 is 0. The fraction of sp³-hybridized carbons (Fsp3) is 0.211. The van der Waals surface area contributed by atoms with Crippen LogP contribution in [0.3, 0.4) is 0 Å². The molecule has 0 aliphatic rings. The second-order valence-corrected chi connectivity index (χ2v) is 5.67. The number of hydrogen-bond acceptors (Lipinski definition) is 1. The van der Waals surface area contributed by atoms with Gasteiger partial charge in [-0.2, -0.15) is 0 Å². The summed E-state index contributed by atoms with van der Waals surface area (Å²) in [5.41, 5.74) is 2.70. The maximum absolute atomic E-state index is 13.7. The molecule has 0 aliphatic heterocycles. The van der Waals surface area contributed by atoms with E-state index in [0.717, 1.165) is 16.5 Å². The number of aromatic amines is 1. The number of halogens is 1. The van der Waals surface area contributed by atoms with Crippen molar-refractivity contribution in [2.45, 2.75) is 25.8 Å². The highest BCUT2D eigenvalue weighted by atomic mass is 19.1. The van der Waals surface area contributed by atoms with Crippen molar-refractivity contribution >= 4 is 16.8 Å². The van der Waals surface area contributed by atoms with E-state index in [0.29, 0.717) is 18.4 Å². The van der Waals surface area contributed by atoms with E-state index in [2.05, 4.69) is 10.3 Å². The van der Waals surface area contributed by atoms with E-state index in [4.69, 9.17) is 0 Å². The van der Waals surface area contributed by atoms with E-state index in [1.165, 1.54) is 6.07 Å². The number of fused-ring (bicyclic) bond motifs is 1. The van der Waals surface area contributed by atoms with Gasteiger partial charge in [-0.3, -0.25) is 4.79 Å². The van der Waals surface area contributed by atoms with Gasteiger partial charge in [0.1, 0.15) is 5.82 Å².